The number of allylic oxidation sites excluding steroid dienone is 5. The van der Waals surface area contributed by atoms with Crippen LogP contribution < -0.4 is 15.6 Å². The fourth-order valence-corrected chi connectivity index (χ4v) is 11.5. The average Bonchev–Trinajstić information content (AvgIpc) is 3.74. The molecule has 2 fully saturated rings. The number of hydrogen-bond acceptors (Lipinski definition) is 16. The zero-order valence-corrected chi connectivity index (χ0v) is 41.2. The van der Waals surface area contributed by atoms with E-state index >= 15 is 0 Å². The zero-order chi connectivity index (χ0) is 50.1. The first-order valence-corrected chi connectivity index (χ1v) is 24.0. The first-order chi connectivity index (χ1) is 32.6. The number of hydrogen-bond donors (Lipinski definition) is 5. The van der Waals surface area contributed by atoms with E-state index in [1.54, 1.807) is 52.8 Å². The number of esters is 1. The van der Waals surface area contributed by atoms with Gasteiger partial charge in [-0.3, -0.25) is 24.1 Å². The summed E-state index contributed by atoms with van der Waals surface area (Å²) in [6.07, 6.45) is 5.78. The molecule has 5 aliphatic heterocycles. The Labute approximate surface area is 402 Å². The minimum atomic E-state index is -1.96. The highest BCUT2D eigenvalue weighted by Crippen LogP contribution is 2.56. The lowest BCUT2D eigenvalue weighted by Gasteiger charge is -2.44. The lowest BCUT2D eigenvalue weighted by molar-refractivity contribution is -0.160. The Balaban J connectivity index is 1.27. The third kappa shape index (κ3) is 8.69. The number of carbonyl (C=O) groups is 3. The number of benzene rings is 1. The molecule has 0 aromatic heterocycles. The Morgan fingerprint density at radius 1 is 0.957 bits per heavy atom. The van der Waals surface area contributed by atoms with E-state index in [4.69, 9.17) is 28.3 Å². The molecule has 4 unspecified atom stereocenters. The topological polar surface area (TPSA) is 231 Å². The van der Waals surface area contributed by atoms with Crippen molar-refractivity contribution in [3.63, 3.8) is 0 Å². The van der Waals surface area contributed by atoms with Crippen LogP contribution in [0.5, 0.6) is 0 Å². The molecule has 13 atom stereocenters. The Kier molecular flexibility index (Phi) is 13.6. The second-order valence-electron chi connectivity index (χ2n) is 20.2. The largest absolute Gasteiger partial charge is 0.509 e. The highest BCUT2D eigenvalue weighted by atomic mass is 16.7. The van der Waals surface area contributed by atoms with E-state index < -0.39 is 100 Å². The van der Waals surface area contributed by atoms with E-state index in [0.717, 1.165) is 12.8 Å². The number of ether oxygens (including phenoxy) is 4. The molecule has 69 heavy (non-hydrogen) atoms. The van der Waals surface area contributed by atoms with Crippen molar-refractivity contribution in [2.24, 2.45) is 29.6 Å². The number of anilines is 1. The highest BCUT2D eigenvalue weighted by molar-refractivity contribution is 6.06. The van der Waals surface area contributed by atoms with Crippen LogP contribution in [0.25, 0.3) is 17.2 Å². The molecule has 17 nitrogen and oxygen atoms in total. The Morgan fingerprint density at radius 3 is 2.28 bits per heavy atom. The minimum absolute atomic E-state index is 0.00801. The highest BCUT2D eigenvalue weighted by Gasteiger charge is 2.58. The summed E-state index contributed by atoms with van der Waals surface area (Å²) < 4.78 is 30.7. The summed E-state index contributed by atoms with van der Waals surface area (Å²) in [6, 6.07) is 4.28. The standard InChI is InChI=1S/C52H66N4O13/c1-23(2)56-31-15-16-32(56)22-55(21-31)33-19-34(58)40-36(20-33)68-49-41(53-40)37-38-45(61)29(8)48-39(37)50(63)52(10,69-48)66-18-17-35(65-11)26(5)47(67-30(9)57)28(7)44(60)27(6)43(59)24(3)13-12-14-25(4)51(64)54-42(49)46(38)62/h12-14,17-20,23-24,26-28,31-32,35,37-38,43-44,47,59-60,62-63H,15-16,21-22H2,1-11H3,(H,54,64)/b13-12+,18-17+,25-14-/t24-,26+,27+,28+,31?,32?,35-,37?,38?,43-,44+,47+,52-/m0/s1. The summed E-state index contributed by atoms with van der Waals surface area (Å²) in [6.45, 7) is 18.5. The van der Waals surface area contributed by atoms with Gasteiger partial charge in [-0.25, -0.2) is 4.98 Å². The van der Waals surface area contributed by atoms with Gasteiger partial charge >= 0.3 is 11.8 Å². The molecule has 0 radical (unpaired) electrons. The third-order valence-corrected chi connectivity index (χ3v) is 15.3. The number of aromatic nitrogens is 1. The number of ketones is 1. The predicted octanol–water partition coefficient (Wildman–Crippen LogP) is 5.93. The van der Waals surface area contributed by atoms with Crippen molar-refractivity contribution in [1.29, 1.82) is 0 Å². The van der Waals surface area contributed by atoms with Gasteiger partial charge in [-0.05, 0) is 46.6 Å². The summed E-state index contributed by atoms with van der Waals surface area (Å²) in [4.78, 5) is 65.0. The summed E-state index contributed by atoms with van der Waals surface area (Å²) in [5.74, 6) is -10.1. The molecule has 372 valence electrons. The summed E-state index contributed by atoms with van der Waals surface area (Å²) in [5, 5.41) is 50.5. The lowest BCUT2D eigenvalue weighted by atomic mass is 9.69. The van der Waals surface area contributed by atoms with Crippen LogP contribution in [0.1, 0.15) is 99.5 Å². The maximum absolute atomic E-state index is 14.6. The summed E-state index contributed by atoms with van der Waals surface area (Å²) in [5.41, 5.74) is 0.182. The molecule has 0 spiro atoms. The molecule has 6 bridgehead atoms. The van der Waals surface area contributed by atoms with Gasteiger partial charge in [0.25, 0.3) is 5.91 Å². The molecule has 8 rings (SSSR count). The van der Waals surface area contributed by atoms with Crippen LogP contribution in [0.3, 0.4) is 0 Å². The predicted molar refractivity (Wildman–Crippen MR) is 254 cm³/mol. The van der Waals surface area contributed by atoms with Crippen molar-refractivity contribution < 1.29 is 58.2 Å². The van der Waals surface area contributed by atoms with Crippen LogP contribution in [0.4, 0.5) is 5.69 Å². The van der Waals surface area contributed by atoms with E-state index in [1.807, 2.05) is 0 Å². The fraction of sp³-hybridized carbons (Fsp3) is 0.558. The van der Waals surface area contributed by atoms with E-state index in [0.29, 0.717) is 36.9 Å². The summed E-state index contributed by atoms with van der Waals surface area (Å²) >= 11 is 0. The molecule has 8 aliphatic rings. The van der Waals surface area contributed by atoms with Crippen molar-refractivity contribution >= 4 is 29.0 Å². The number of rotatable bonds is 4. The van der Waals surface area contributed by atoms with E-state index in [9.17, 15) is 39.6 Å². The van der Waals surface area contributed by atoms with Gasteiger partial charge in [0.15, 0.2) is 28.8 Å². The van der Waals surface area contributed by atoms with Gasteiger partial charge in [0.1, 0.15) is 23.3 Å². The number of nitrogens with zero attached hydrogens (tertiary/aromatic N) is 3. The Hall–Kier alpha value is -5.75. The van der Waals surface area contributed by atoms with Gasteiger partial charge in [0, 0.05) is 105 Å². The number of nitrogens with one attached hydrogen (secondary N) is 1. The summed E-state index contributed by atoms with van der Waals surface area (Å²) in [7, 11) is 1.45. The van der Waals surface area contributed by atoms with Crippen molar-refractivity contribution in [3.8, 4) is 11.5 Å². The average molecular weight is 955 g/mol. The van der Waals surface area contributed by atoms with Gasteiger partial charge in [-0.1, -0.05) is 45.9 Å². The molecule has 1 amide bonds. The van der Waals surface area contributed by atoms with Crippen molar-refractivity contribution in [2.75, 3.05) is 25.1 Å². The van der Waals surface area contributed by atoms with Crippen LogP contribution in [-0.4, -0.2) is 116 Å². The van der Waals surface area contributed by atoms with Gasteiger partial charge in [0.05, 0.1) is 47.7 Å². The normalized spacial score (nSPS) is 36.2. The number of methoxy groups -OCH3 is 1. The van der Waals surface area contributed by atoms with Gasteiger partial charge in [0.2, 0.25) is 5.43 Å². The van der Waals surface area contributed by atoms with Gasteiger partial charge in [-0.15, -0.1) is 0 Å². The van der Waals surface area contributed by atoms with Crippen LogP contribution in [0.2, 0.25) is 0 Å². The monoisotopic (exact) mass is 954 g/mol. The molecule has 3 aliphatic carbocycles. The van der Waals surface area contributed by atoms with Crippen molar-refractivity contribution in [1.82, 2.24) is 15.2 Å². The number of aliphatic hydroxyl groups is 4. The first kappa shape index (κ1) is 49.7. The maximum Gasteiger partial charge on any atom is 0.306 e. The minimum Gasteiger partial charge on any atom is -0.509 e. The second kappa shape index (κ2) is 18.9. The molecule has 0 aromatic rings. The molecule has 17 heteroatoms. The van der Waals surface area contributed by atoms with Crippen molar-refractivity contribution in [2.45, 2.75) is 136 Å². The van der Waals surface area contributed by atoms with E-state index in [-0.39, 0.29) is 51.1 Å². The van der Waals surface area contributed by atoms with Gasteiger partial charge < -0.3 is 54.0 Å². The Morgan fingerprint density at radius 2 is 1.64 bits per heavy atom. The van der Waals surface area contributed by atoms with Crippen LogP contribution in [0.15, 0.2) is 85.9 Å². The number of aliphatic hydroxyl groups excluding tert-OH is 4. The fourth-order valence-electron chi connectivity index (χ4n) is 11.5. The van der Waals surface area contributed by atoms with Gasteiger partial charge in [-0.2, -0.15) is 0 Å². The SMILES string of the molecule is CO[C@H]1/C=C/O[C@@]2(C)OC3=C(C)C(=O)C4C(O)=C(NC(=O)/C(C)=C\C=C\[C@H](C)[C@H](O)[C@@H](C)[C@@H](O)[C@@H](C)[C@H](OC(C)=O)[C@@H]1C)c1oc5cc(N6CC7CCC(C6)N7C(C)C)cc(=O)c-5nc1C4C3=C2O. The number of carbonyl (C=O) groups excluding carboxylic acids is 3. The first-order valence-electron chi connectivity index (χ1n) is 24.0. The lowest BCUT2D eigenvalue weighted by Crippen LogP contribution is -2.56. The molecule has 0 saturated carbocycles. The van der Waals surface area contributed by atoms with Crippen molar-refractivity contribution in [3.05, 3.63) is 98.4 Å². The molecule has 2 saturated heterocycles. The molecular formula is C52H66N4O13. The third-order valence-electron chi connectivity index (χ3n) is 15.3. The molecule has 5 N–H and O–H groups in total. The number of fused-ring (bicyclic) bond motifs is 4. The van der Waals surface area contributed by atoms with Crippen LogP contribution in [-0.2, 0) is 33.3 Å². The number of piperazine rings is 1. The zero-order valence-electron chi connectivity index (χ0n) is 41.2. The van der Waals surface area contributed by atoms with Crippen LogP contribution >= 0.6 is 0 Å². The quantitative estimate of drug-likeness (QED) is 0.224. The Bertz CT molecular complexity index is 2610. The van der Waals surface area contributed by atoms with Crippen LogP contribution in [0, 0.1) is 29.6 Å². The van der Waals surface area contributed by atoms with E-state index in [2.05, 4.69) is 29.0 Å². The molecule has 5 heterocycles. The number of amides is 1. The maximum atomic E-state index is 14.6. The smallest absolute Gasteiger partial charge is 0.306 e. The molecule has 0 aromatic carbocycles. The van der Waals surface area contributed by atoms with E-state index in [1.165, 1.54) is 52.4 Å². The number of Topliss-reactive ketones (excluding diaryl/α,β-unsaturated/α-hetero) is 1. The second-order valence-corrected chi connectivity index (χ2v) is 20.2. The molecular weight excluding hydrogens is 889 g/mol.